The molecule has 2 heteroatoms. The third-order valence-electron chi connectivity index (χ3n) is 1.62. The fourth-order valence-electron chi connectivity index (χ4n) is 1.09. The summed E-state index contributed by atoms with van der Waals surface area (Å²) in [4.78, 5) is 12.3. The molecule has 0 saturated carbocycles. The number of allylic oxidation sites excluding steroid dienone is 5. The van der Waals surface area contributed by atoms with Crippen LogP contribution in [0.2, 0.25) is 0 Å². The predicted octanol–water partition coefficient (Wildman–Crippen LogP) is 1.52. The van der Waals surface area contributed by atoms with Gasteiger partial charge in [-0.25, -0.2) is 0 Å². The summed E-state index contributed by atoms with van der Waals surface area (Å²) < 4.78 is 0. The lowest BCUT2D eigenvalue weighted by molar-refractivity contribution is -0.104. The standard InChI is InChI=1S/C10H13NO/c1-11(2)7-9-3-5-10(8-12)6-4-9/h3,5-8H,4H2,1-2H3. The first kappa shape index (κ1) is 8.78. The number of carbonyl (C=O) groups is 1. The molecular formula is C10H13NO. The van der Waals surface area contributed by atoms with Crippen LogP contribution < -0.4 is 0 Å². The molecule has 0 aromatic rings. The molecule has 1 aliphatic rings. The average molecular weight is 163 g/mol. The Morgan fingerprint density at radius 2 is 2.17 bits per heavy atom. The van der Waals surface area contributed by atoms with Crippen molar-refractivity contribution in [3.05, 3.63) is 35.6 Å². The van der Waals surface area contributed by atoms with Crippen molar-refractivity contribution in [3.63, 3.8) is 0 Å². The zero-order chi connectivity index (χ0) is 8.97. The highest BCUT2D eigenvalue weighted by Gasteiger charge is 1.99. The lowest BCUT2D eigenvalue weighted by atomic mass is 10.0. The van der Waals surface area contributed by atoms with Crippen LogP contribution in [0.1, 0.15) is 6.42 Å². The summed E-state index contributed by atoms with van der Waals surface area (Å²) in [6, 6.07) is 0. The molecule has 2 nitrogen and oxygen atoms in total. The van der Waals surface area contributed by atoms with E-state index in [4.69, 9.17) is 0 Å². The monoisotopic (exact) mass is 163 g/mol. The fraction of sp³-hybridized carbons (Fsp3) is 0.300. The Morgan fingerprint density at radius 3 is 2.58 bits per heavy atom. The molecule has 0 amide bonds. The van der Waals surface area contributed by atoms with Crippen LogP contribution in [0, 0.1) is 0 Å². The fourth-order valence-corrected chi connectivity index (χ4v) is 1.09. The Bertz CT molecular complexity index is 259. The summed E-state index contributed by atoms with van der Waals surface area (Å²) in [6.45, 7) is 0. The second kappa shape index (κ2) is 3.90. The number of carbonyl (C=O) groups excluding carboxylic acids is 1. The molecule has 0 atom stereocenters. The lowest BCUT2D eigenvalue weighted by Gasteiger charge is -2.09. The van der Waals surface area contributed by atoms with Gasteiger partial charge in [-0.1, -0.05) is 18.2 Å². The molecule has 1 rings (SSSR count). The van der Waals surface area contributed by atoms with Crippen molar-refractivity contribution in [2.24, 2.45) is 0 Å². The van der Waals surface area contributed by atoms with E-state index in [-0.39, 0.29) is 0 Å². The third-order valence-corrected chi connectivity index (χ3v) is 1.62. The minimum atomic E-state index is 0.769. The van der Waals surface area contributed by atoms with E-state index in [1.165, 1.54) is 5.57 Å². The molecule has 12 heavy (non-hydrogen) atoms. The van der Waals surface area contributed by atoms with Crippen LogP contribution in [0.4, 0.5) is 0 Å². The maximum Gasteiger partial charge on any atom is 0.149 e. The van der Waals surface area contributed by atoms with Gasteiger partial charge < -0.3 is 4.90 Å². The lowest BCUT2D eigenvalue weighted by Crippen LogP contribution is -2.03. The van der Waals surface area contributed by atoms with E-state index in [1.54, 1.807) is 0 Å². The zero-order valence-electron chi connectivity index (χ0n) is 7.45. The molecule has 0 unspecified atom stereocenters. The molecule has 0 spiro atoms. The van der Waals surface area contributed by atoms with Crippen LogP contribution in [-0.4, -0.2) is 25.3 Å². The van der Waals surface area contributed by atoms with Crippen LogP contribution >= 0.6 is 0 Å². The van der Waals surface area contributed by atoms with Gasteiger partial charge in [-0.3, -0.25) is 4.79 Å². The van der Waals surface area contributed by atoms with Gasteiger partial charge in [-0.05, 0) is 12.0 Å². The van der Waals surface area contributed by atoms with Gasteiger partial charge in [0.05, 0.1) is 0 Å². The van der Waals surface area contributed by atoms with Crippen LogP contribution in [-0.2, 0) is 4.79 Å². The molecule has 0 saturated heterocycles. The topological polar surface area (TPSA) is 20.3 Å². The number of hydrogen-bond acceptors (Lipinski definition) is 2. The zero-order valence-corrected chi connectivity index (χ0v) is 7.45. The van der Waals surface area contributed by atoms with E-state index >= 15 is 0 Å². The Morgan fingerprint density at radius 1 is 1.42 bits per heavy atom. The molecule has 1 aliphatic carbocycles. The van der Waals surface area contributed by atoms with Crippen molar-refractivity contribution < 1.29 is 4.79 Å². The normalized spacial score (nSPS) is 19.2. The Labute approximate surface area is 72.9 Å². The van der Waals surface area contributed by atoms with Crippen LogP contribution in [0.25, 0.3) is 0 Å². The van der Waals surface area contributed by atoms with E-state index in [0.29, 0.717) is 0 Å². The van der Waals surface area contributed by atoms with E-state index in [0.717, 1.165) is 18.3 Å². The summed E-state index contributed by atoms with van der Waals surface area (Å²) in [7, 11) is 3.97. The maximum absolute atomic E-state index is 10.3. The third kappa shape index (κ3) is 2.38. The van der Waals surface area contributed by atoms with Gasteiger partial charge in [-0.2, -0.15) is 0 Å². The molecule has 0 radical (unpaired) electrons. The molecule has 0 aliphatic heterocycles. The van der Waals surface area contributed by atoms with Crippen LogP contribution in [0.3, 0.4) is 0 Å². The first-order valence-corrected chi connectivity index (χ1v) is 3.93. The highest BCUT2D eigenvalue weighted by atomic mass is 16.1. The molecule has 0 heterocycles. The predicted molar refractivity (Wildman–Crippen MR) is 49.7 cm³/mol. The maximum atomic E-state index is 10.3. The van der Waals surface area contributed by atoms with Gasteiger partial charge in [0.25, 0.3) is 0 Å². The second-order valence-corrected chi connectivity index (χ2v) is 3.03. The molecular weight excluding hydrogens is 150 g/mol. The minimum Gasteiger partial charge on any atom is -0.383 e. The van der Waals surface area contributed by atoms with Crippen LogP contribution in [0.5, 0.6) is 0 Å². The van der Waals surface area contributed by atoms with E-state index in [2.05, 4.69) is 6.20 Å². The minimum absolute atomic E-state index is 0.769. The van der Waals surface area contributed by atoms with Crippen LogP contribution in [0.15, 0.2) is 35.6 Å². The van der Waals surface area contributed by atoms with Gasteiger partial charge in [0.1, 0.15) is 6.29 Å². The highest BCUT2D eigenvalue weighted by Crippen LogP contribution is 2.13. The number of nitrogens with zero attached hydrogens (tertiary/aromatic N) is 1. The molecule has 0 N–H and O–H groups in total. The summed E-state index contributed by atoms with van der Waals surface area (Å²) in [5, 5.41) is 0. The van der Waals surface area contributed by atoms with Crippen molar-refractivity contribution in [3.8, 4) is 0 Å². The van der Waals surface area contributed by atoms with Crippen molar-refractivity contribution in [1.82, 2.24) is 4.90 Å². The molecule has 0 fully saturated rings. The summed E-state index contributed by atoms with van der Waals surface area (Å²) in [5.74, 6) is 0. The molecule has 64 valence electrons. The molecule has 0 aromatic heterocycles. The summed E-state index contributed by atoms with van der Waals surface area (Å²) in [5.41, 5.74) is 2.00. The Kier molecular flexibility index (Phi) is 2.86. The number of rotatable bonds is 2. The Hall–Kier alpha value is -1.31. The van der Waals surface area contributed by atoms with Crippen molar-refractivity contribution in [2.75, 3.05) is 14.1 Å². The van der Waals surface area contributed by atoms with E-state index < -0.39 is 0 Å². The quantitative estimate of drug-likeness (QED) is 0.575. The second-order valence-electron chi connectivity index (χ2n) is 3.03. The van der Waals surface area contributed by atoms with Crippen molar-refractivity contribution in [1.29, 1.82) is 0 Å². The smallest absolute Gasteiger partial charge is 0.149 e. The molecule has 0 aromatic carbocycles. The first-order valence-electron chi connectivity index (χ1n) is 3.93. The largest absolute Gasteiger partial charge is 0.383 e. The number of aldehydes is 1. The summed E-state index contributed by atoms with van der Waals surface area (Å²) in [6.07, 6.45) is 9.53. The van der Waals surface area contributed by atoms with Gasteiger partial charge in [0, 0.05) is 25.9 Å². The van der Waals surface area contributed by atoms with Gasteiger partial charge in [0.15, 0.2) is 0 Å². The summed E-state index contributed by atoms with van der Waals surface area (Å²) >= 11 is 0. The van der Waals surface area contributed by atoms with Gasteiger partial charge in [0.2, 0.25) is 0 Å². The van der Waals surface area contributed by atoms with E-state index in [1.807, 2.05) is 37.2 Å². The van der Waals surface area contributed by atoms with E-state index in [9.17, 15) is 4.79 Å². The highest BCUT2D eigenvalue weighted by molar-refractivity contribution is 5.78. The van der Waals surface area contributed by atoms with Gasteiger partial charge in [-0.15, -0.1) is 0 Å². The average Bonchev–Trinajstić information content (AvgIpc) is 2.05. The number of hydrogen-bond donors (Lipinski definition) is 0. The first-order chi connectivity index (χ1) is 5.72. The Balaban J connectivity index is 2.65. The van der Waals surface area contributed by atoms with Gasteiger partial charge >= 0.3 is 0 Å². The SMILES string of the molecule is CN(C)C=C1C=CC(C=O)=CC1. The van der Waals surface area contributed by atoms with Crippen molar-refractivity contribution >= 4 is 6.29 Å². The van der Waals surface area contributed by atoms with Crippen molar-refractivity contribution in [2.45, 2.75) is 6.42 Å². The molecule has 0 bridgehead atoms.